The van der Waals surface area contributed by atoms with Crippen molar-refractivity contribution in [1.29, 1.82) is 0 Å². The summed E-state index contributed by atoms with van der Waals surface area (Å²) in [6.45, 7) is 5.92. The lowest BCUT2D eigenvalue weighted by atomic mass is 10.1. The standard InChI is InChI=1S/C20H19N5O3/c1-12-6-4-5-7-18(12)24-14(3)16(11-21-24)13(2)22-20(26)15-8-9-19-17(10-15)23-28-25(19)27/h4-11,13H,1-3H3,(H,22,26)/t13-/m1/s1. The number of hydrogen-bond donors (Lipinski definition) is 1. The van der Waals surface area contributed by atoms with Gasteiger partial charge in [0.05, 0.1) is 17.9 Å². The lowest BCUT2D eigenvalue weighted by molar-refractivity contribution is -0.782. The van der Waals surface area contributed by atoms with Crippen molar-refractivity contribution in [2.24, 2.45) is 0 Å². The SMILES string of the molecule is Cc1ccccc1-n1ncc([C@@H](C)NC(=O)c2ccc3c(c2)no[n+]3[O-])c1C. The number of nitrogens with one attached hydrogen (secondary N) is 1. The first-order valence-corrected chi connectivity index (χ1v) is 8.86. The number of hydrogen-bond acceptors (Lipinski definition) is 5. The fraction of sp³-hybridized carbons (Fsp3) is 0.200. The third-order valence-corrected chi connectivity index (χ3v) is 4.85. The molecule has 1 amide bonds. The van der Waals surface area contributed by atoms with Crippen LogP contribution in [0.3, 0.4) is 0 Å². The van der Waals surface area contributed by atoms with E-state index in [1.807, 2.05) is 49.7 Å². The van der Waals surface area contributed by atoms with Crippen molar-refractivity contribution in [3.8, 4) is 5.69 Å². The minimum absolute atomic E-state index is 0.247. The molecule has 2 aromatic heterocycles. The molecule has 8 heteroatoms. The van der Waals surface area contributed by atoms with Gasteiger partial charge in [-0.3, -0.25) is 9.42 Å². The molecule has 28 heavy (non-hydrogen) atoms. The molecule has 142 valence electrons. The van der Waals surface area contributed by atoms with E-state index in [0.29, 0.717) is 16.0 Å². The third kappa shape index (κ3) is 2.98. The van der Waals surface area contributed by atoms with Gasteiger partial charge >= 0.3 is 0 Å². The van der Waals surface area contributed by atoms with Crippen molar-refractivity contribution in [2.75, 3.05) is 0 Å². The molecular formula is C20H19N5O3. The van der Waals surface area contributed by atoms with Gasteiger partial charge in [0.1, 0.15) is 0 Å². The number of carbonyl (C=O) groups is 1. The van der Waals surface area contributed by atoms with Crippen molar-refractivity contribution >= 4 is 16.9 Å². The first-order chi connectivity index (χ1) is 13.5. The molecule has 1 atom stereocenters. The lowest BCUT2D eigenvalue weighted by Crippen LogP contribution is -2.27. The van der Waals surface area contributed by atoms with E-state index < -0.39 is 0 Å². The summed E-state index contributed by atoms with van der Waals surface area (Å²) in [7, 11) is 0. The van der Waals surface area contributed by atoms with E-state index in [2.05, 4.69) is 20.2 Å². The van der Waals surface area contributed by atoms with E-state index in [9.17, 15) is 10.0 Å². The van der Waals surface area contributed by atoms with Gasteiger partial charge in [0.2, 0.25) is 11.0 Å². The van der Waals surface area contributed by atoms with E-state index in [1.54, 1.807) is 12.3 Å². The second-order valence-corrected chi connectivity index (χ2v) is 6.71. The van der Waals surface area contributed by atoms with E-state index in [4.69, 9.17) is 0 Å². The number of para-hydroxylation sites is 1. The Balaban J connectivity index is 1.57. The number of nitrogens with zero attached hydrogens (tertiary/aromatic N) is 4. The third-order valence-electron chi connectivity index (χ3n) is 4.85. The molecular weight excluding hydrogens is 358 g/mol. The van der Waals surface area contributed by atoms with Crippen LogP contribution in [0.5, 0.6) is 0 Å². The zero-order chi connectivity index (χ0) is 19.8. The number of aryl methyl sites for hydroxylation is 1. The smallest absolute Gasteiger partial charge is 0.251 e. The Morgan fingerprint density at radius 2 is 2.04 bits per heavy atom. The van der Waals surface area contributed by atoms with Crippen LogP contribution in [0.4, 0.5) is 0 Å². The average Bonchev–Trinajstić information content (AvgIpc) is 3.25. The monoisotopic (exact) mass is 377 g/mol. The van der Waals surface area contributed by atoms with Crippen LogP contribution in [0.25, 0.3) is 16.7 Å². The summed E-state index contributed by atoms with van der Waals surface area (Å²) < 4.78 is 6.42. The second kappa shape index (κ2) is 6.80. The maximum Gasteiger partial charge on any atom is 0.251 e. The van der Waals surface area contributed by atoms with Crippen LogP contribution in [0.15, 0.2) is 53.3 Å². The Kier molecular flexibility index (Phi) is 4.31. The predicted octanol–water partition coefficient (Wildman–Crippen LogP) is 2.75. The number of aromatic nitrogens is 4. The molecule has 0 aliphatic heterocycles. The van der Waals surface area contributed by atoms with Crippen LogP contribution in [-0.4, -0.2) is 20.8 Å². The van der Waals surface area contributed by atoms with Crippen molar-refractivity contribution in [3.05, 3.63) is 76.3 Å². The maximum absolute atomic E-state index is 12.6. The highest BCUT2D eigenvalue weighted by molar-refractivity contribution is 5.97. The molecule has 4 aromatic rings. The van der Waals surface area contributed by atoms with E-state index in [0.717, 1.165) is 22.5 Å². The van der Waals surface area contributed by atoms with Gasteiger partial charge in [-0.1, -0.05) is 18.2 Å². The Morgan fingerprint density at radius 3 is 2.82 bits per heavy atom. The van der Waals surface area contributed by atoms with Crippen LogP contribution in [0, 0.1) is 19.1 Å². The minimum Gasteiger partial charge on any atom is -0.359 e. The van der Waals surface area contributed by atoms with Crippen LogP contribution in [-0.2, 0) is 0 Å². The molecule has 0 fully saturated rings. The fourth-order valence-corrected chi connectivity index (χ4v) is 3.27. The van der Waals surface area contributed by atoms with Gasteiger partial charge < -0.3 is 10.5 Å². The highest BCUT2D eigenvalue weighted by Gasteiger charge is 2.19. The van der Waals surface area contributed by atoms with Gasteiger partial charge in [-0.2, -0.15) is 5.10 Å². The van der Waals surface area contributed by atoms with Crippen molar-refractivity contribution < 1.29 is 14.3 Å². The second-order valence-electron chi connectivity index (χ2n) is 6.71. The summed E-state index contributed by atoms with van der Waals surface area (Å²) in [6.07, 6.45) is 1.77. The fourth-order valence-electron chi connectivity index (χ4n) is 3.27. The van der Waals surface area contributed by atoms with Gasteiger partial charge in [0, 0.05) is 28.0 Å². The van der Waals surface area contributed by atoms with Crippen LogP contribution >= 0.6 is 0 Å². The largest absolute Gasteiger partial charge is 0.359 e. The molecule has 8 nitrogen and oxygen atoms in total. The number of carbonyl (C=O) groups excluding carboxylic acids is 1. The molecule has 4 rings (SSSR count). The molecule has 0 aliphatic carbocycles. The molecule has 2 aromatic carbocycles. The summed E-state index contributed by atoms with van der Waals surface area (Å²) in [5, 5.41) is 22.5. The Bertz CT molecular complexity index is 1180. The Labute approximate surface area is 160 Å². The van der Waals surface area contributed by atoms with Crippen LogP contribution in [0.2, 0.25) is 0 Å². The van der Waals surface area contributed by atoms with Gasteiger partial charge in [-0.25, -0.2) is 4.68 Å². The number of fused-ring (bicyclic) bond motifs is 1. The lowest BCUT2D eigenvalue weighted by Gasteiger charge is -2.14. The Morgan fingerprint density at radius 1 is 1.25 bits per heavy atom. The van der Waals surface area contributed by atoms with Crippen molar-refractivity contribution in [3.63, 3.8) is 0 Å². The average molecular weight is 377 g/mol. The van der Waals surface area contributed by atoms with Crippen LogP contribution in [0.1, 0.15) is 40.1 Å². The first kappa shape index (κ1) is 17.7. The molecule has 0 bridgehead atoms. The van der Waals surface area contributed by atoms with Crippen molar-refractivity contribution in [2.45, 2.75) is 26.8 Å². The van der Waals surface area contributed by atoms with E-state index in [-0.39, 0.29) is 17.5 Å². The first-order valence-electron chi connectivity index (χ1n) is 8.86. The van der Waals surface area contributed by atoms with Gasteiger partial charge in [-0.05, 0) is 49.4 Å². The van der Waals surface area contributed by atoms with E-state index >= 15 is 0 Å². The summed E-state index contributed by atoms with van der Waals surface area (Å²) >= 11 is 0. The summed E-state index contributed by atoms with van der Waals surface area (Å²) in [5.41, 5.74) is 5.02. The number of rotatable bonds is 4. The van der Waals surface area contributed by atoms with Gasteiger partial charge in [0.25, 0.3) is 5.91 Å². The quantitative estimate of drug-likeness (QED) is 0.551. The van der Waals surface area contributed by atoms with Crippen molar-refractivity contribution in [1.82, 2.24) is 20.3 Å². The Hall–Kier alpha value is -3.68. The van der Waals surface area contributed by atoms with Gasteiger partial charge in [-0.15, -0.1) is 0 Å². The highest BCUT2D eigenvalue weighted by Crippen LogP contribution is 2.22. The summed E-state index contributed by atoms with van der Waals surface area (Å²) in [4.78, 5) is 12.9. The molecule has 1 N–H and O–H groups in total. The molecule has 0 radical (unpaired) electrons. The van der Waals surface area contributed by atoms with E-state index in [1.165, 1.54) is 12.1 Å². The number of benzene rings is 2. The molecule has 0 unspecified atom stereocenters. The number of amides is 1. The molecule has 0 saturated carbocycles. The highest BCUT2D eigenvalue weighted by atomic mass is 16.8. The zero-order valence-electron chi connectivity index (χ0n) is 15.7. The molecule has 0 aliphatic rings. The molecule has 0 spiro atoms. The zero-order valence-corrected chi connectivity index (χ0v) is 15.7. The maximum atomic E-state index is 12.6. The summed E-state index contributed by atoms with van der Waals surface area (Å²) in [6, 6.07) is 12.4. The predicted molar refractivity (Wildman–Crippen MR) is 102 cm³/mol. The topological polar surface area (TPSA) is 99.9 Å². The summed E-state index contributed by atoms with van der Waals surface area (Å²) in [5.74, 6) is -0.266. The normalized spacial score (nSPS) is 12.2. The van der Waals surface area contributed by atoms with Gasteiger partial charge in [0.15, 0.2) is 0 Å². The van der Waals surface area contributed by atoms with Crippen LogP contribution < -0.4 is 10.2 Å². The minimum atomic E-state index is -0.266. The molecule has 0 saturated heterocycles. The molecule has 2 heterocycles.